The van der Waals surface area contributed by atoms with Gasteiger partial charge in [-0.3, -0.25) is 4.57 Å². The van der Waals surface area contributed by atoms with Crippen molar-refractivity contribution in [1.29, 1.82) is 0 Å². The summed E-state index contributed by atoms with van der Waals surface area (Å²) in [5.74, 6) is 0.371. The van der Waals surface area contributed by atoms with Gasteiger partial charge in [-0.1, -0.05) is 12.1 Å². The van der Waals surface area contributed by atoms with Crippen LogP contribution in [0.1, 0.15) is 5.82 Å². The molecule has 0 unspecified atom stereocenters. The first-order valence-corrected chi connectivity index (χ1v) is 4.30. The number of halogens is 1. The van der Waals surface area contributed by atoms with Gasteiger partial charge in [0.15, 0.2) is 0 Å². The Morgan fingerprint density at radius 2 is 2.14 bits per heavy atom. The van der Waals surface area contributed by atoms with E-state index in [0.717, 1.165) is 0 Å². The van der Waals surface area contributed by atoms with Crippen molar-refractivity contribution < 1.29 is 4.39 Å². The summed E-state index contributed by atoms with van der Waals surface area (Å²) in [6, 6.07) is 6.53. The molecule has 0 aliphatic rings. The molecule has 0 saturated heterocycles. The van der Waals surface area contributed by atoms with Crippen LogP contribution in [0, 0.1) is 5.82 Å². The molecule has 1 aromatic heterocycles. The van der Waals surface area contributed by atoms with E-state index >= 15 is 0 Å². The van der Waals surface area contributed by atoms with Gasteiger partial charge in [0.1, 0.15) is 11.6 Å². The third-order valence-corrected chi connectivity index (χ3v) is 2.01. The minimum atomic E-state index is -0.278. The Morgan fingerprint density at radius 3 is 2.86 bits per heavy atom. The van der Waals surface area contributed by atoms with Gasteiger partial charge < -0.3 is 5.73 Å². The number of para-hydroxylation sites is 1. The zero-order valence-electron chi connectivity index (χ0n) is 7.52. The number of nitrogens with two attached hydrogens (primary N) is 1. The first-order chi connectivity index (χ1) is 6.83. The van der Waals surface area contributed by atoms with Gasteiger partial charge in [-0.2, -0.15) is 0 Å². The maximum Gasteiger partial charge on any atom is 0.147 e. The molecule has 4 heteroatoms. The van der Waals surface area contributed by atoms with Crippen molar-refractivity contribution in [2.45, 2.75) is 6.54 Å². The van der Waals surface area contributed by atoms with Crippen LogP contribution in [0.5, 0.6) is 0 Å². The molecule has 0 aliphatic heterocycles. The lowest BCUT2D eigenvalue weighted by molar-refractivity contribution is 0.615. The molecule has 1 aromatic carbocycles. The van der Waals surface area contributed by atoms with Crippen molar-refractivity contribution in [3.63, 3.8) is 0 Å². The van der Waals surface area contributed by atoms with Crippen LogP contribution in [0.2, 0.25) is 0 Å². The van der Waals surface area contributed by atoms with Crippen molar-refractivity contribution in [3.8, 4) is 5.69 Å². The van der Waals surface area contributed by atoms with E-state index in [-0.39, 0.29) is 5.82 Å². The fourth-order valence-corrected chi connectivity index (χ4v) is 1.35. The van der Waals surface area contributed by atoms with Gasteiger partial charge in [-0.05, 0) is 12.1 Å². The van der Waals surface area contributed by atoms with Gasteiger partial charge in [-0.15, -0.1) is 0 Å². The van der Waals surface area contributed by atoms with E-state index < -0.39 is 0 Å². The molecule has 0 saturated carbocycles. The van der Waals surface area contributed by atoms with Crippen LogP contribution in [0.15, 0.2) is 36.7 Å². The molecule has 2 rings (SSSR count). The molecule has 0 amide bonds. The summed E-state index contributed by atoms with van der Waals surface area (Å²) in [4.78, 5) is 4.02. The number of rotatable bonds is 2. The summed E-state index contributed by atoms with van der Waals surface area (Å²) in [5, 5.41) is 0. The third-order valence-electron chi connectivity index (χ3n) is 2.01. The molecule has 1 heterocycles. The topological polar surface area (TPSA) is 43.8 Å². The molecule has 2 N–H and O–H groups in total. The summed E-state index contributed by atoms with van der Waals surface area (Å²) >= 11 is 0. The average Bonchev–Trinajstić information content (AvgIpc) is 2.66. The lowest BCUT2D eigenvalue weighted by Crippen LogP contribution is -2.07. The quantitative estimate of drug-likeness (QED) is 0.781. The third kappa shape index (κ3) is 1.40. The molecule has 72 valence electrons. The molecule has 0 aliphatic carbocycles. The van der Waals surface area contributed by atoms with E-state index in [9.17, 15) is 4.39 Å². The Balaban J connectivity index is 2.54. The molecule has 3 nitrogen and oxygen atoms in total. The fraction of sp³-hybridized carbons (Fsp3) is 0.100. The Morgan fingerprint density at radius 1 is 1.36 bits per heavy atom. The maximum atomic E-state index is 13.4. The standard InChI is InChI=1S/C10H10FN3/c11-8-3-1-2-4-9(8)14-6-5-13-10(14)7-12/h1-6H,7,12H2. The highest BCUT2D eigenvalue weighted by Crippen LogP contribution is 2.13. The summed E-state index contributed by atoms with van der Waals surface area (Å²) in [6.45, 7) is 0.293. The van der Waals surface area contributed by atoms with E-state index in [2.05, 4.69) is 4.98 Å². The zero-order valence-corrected chi connectivity index (χ0v) is 7.52. The van der Waals surface area contributed by atoms with Crippen molar-refractivity contribution in [2.24, 2.45) is 5.73 Å². The van der Waals surface area contributed by atoms with Gasteiger partial charge in [0.2, 0.25) is 0 Å². The highest BCUT2D eigenvalue weighted by Gasteiger charge is 2.06. The van der Waals surface area contributed by atoms with Gasteiger partial charge in [0, 0.05) is 12.4 Å². The fourth-order valence-electron chi connectivity index (χ4n) is 1.35. The van der Waals surface area contributed by atoms with Crippen molar-refractivity contribution in [3.05, 3.63) is 48.3 Å². The van der Waals surface area contributed by atoms with E-state index in [0.29, 0.717) is 18.1 Å². The van der Waals surface area contributed by atoms with Crippen molar-refractivity contribution in [1.82, 2.24) is 9.55 Å². The van der Waals surface area contributed by atoms with Crippen molar-refractivity contribution >= 4 is 0 Å². The van der Waals surface area contributed by atoms with E-state index in [4.69, 9.17) is 5.73 Å². The van der Waals surface area contributed by atoms with Crippen LogP contribution in [-0.4, -0.2) is 9.55 Å². The average molecular weight is 191 g/mol. The van der Waals surface area contributed by atoms with Crippen molar-refractivity contribution in [2.75, 3.05) is 0 Å². The summed E-state index contributed by atoms with van der Waals surface area (Å²) in [5.41, 5.74) is 5.95. The summed E-state index contributed by atoms with van der Waals surface area (Å²) in [7, 11) is 0. The molecule has 0 bridgehead atoms. The molecule has 14 heavy (non-hydrogen) atoms. The Hall–Kier alpha value is -1.68. The Labute approximate surface area is 81.0 Å². The molecule has 0 atom stereocenters. The van der Waals surface area contributed by atoms with E-state index in [1.165, 1.54) is 6.07 Å². The lowest BCUT2D eigenvalue weighted by Gasteiger charge is -2.06. The highest BCUT2D eigenvalue weighted by molar-refractivity contribution is 5.34. The minimum absolute atomic E-state index is 0.278. The lowest BCUT2D eigenvalue weighted by atomic mass is 10.3. The normalized spacial score (nSPS) is 10.4. The number of benzene rings is 1. The van der Waals surface area contributed by atoms with Crippen LogP contribution >= 0.6 is 0 Å². The molecular formula is C10H10FN3. The number of nitrogens with zero attached hydrogens (tertiary/aromatic N) is 2. The first-order valence-electron chi connectivity index (χ1n) is 4.30. The summed E-state index contributed by atoms with van der Waals surface area (Å²) < 4.78 is 15.0. The number of hydrogen-bond donors (Lipinski definition) is 1. The van der Waals surface area contributed by atoms with Crippen LogP contribution < -0.4 is 5.73 Å². The Kier molecular flexibility index (Phi) is 2.28. The SMILES string of the molecule is NCc1nccn1-c1ccccc1F. The van der Waals surface area contributed by atoms with E-state index in [1.807, 2.05) is 0 Å². The second-order valence-corrected chi connectivity index (χ2v) is 2.87. The second kappa shape index (κ2) is 3.59. The second-order valence-electron chi connectivity index (χ2n) is 2.87. The molecule has 0 fully saturated rings. The van der Waals surface area contributed by atoms with E-state index in [1.54, 1.807) is 35.2 Å². The molecule has 0 radical (unpaired) electrons. The zero-order chi connectivity index (χ0) is 9.97. The largest absolute Gasteiger partial charge is 0.324 e. The predicted molar refractivity (Wildman–Crippen MR) is 51.4 cm³/mol. The predicted octanol–water partition coefficient (Wildman–Crippen LogP) is 1.47. The number of hydrogen-bond acceptors (Lipinski definition) is 2. The van der Waals surface area contributed by atoms with Gasteiger partial charge in [0.05, 0.1) is 12.2 Å². The first kappa shape index (κ1) is 8.90. The number of imidazole rings is 1. The maximum absolute atomic E-state index is 13.4. The summed E-state index contributed by atoms with van der Waals surface area (Å²) in [6.07, 6.45) is 3.30. The molecular weight excluding hydrogens is 181 g/mol. The Bertz CT molecular complexity index is 436. The molecule has 2 aromatic rings. The van der Waals surface area contributed by atoms with Gasteiger partial charge in [0.25, 0.3) is 0 Å². The van der Waals surface area contributed by atoms with Crippen LogP contribution in [0.3, 0.4) is 0 Å². The molecule has 0 spiro atoms. The van der Waals surface area contributed by atoms with Gasteiger partial charge in [-0.25, -0.2) is 9.37 Å². The smallest absolute Gasteiger partial charge is 0.147 e. The van der Waals surface area contributed by atoms with Gasteiger partial charge >= 0.3 is 0 Å². The highest BCUT2D eigenvalue weighted by atomic mass is 19.1. The van der Waals surface area contributed by atoms with Crippen LogP contribution in [0.4, 0.5) is 4.39 Å². The minimum Gasteiger partial charge on any atom is -0.324 e. The van der Waals surface area contributed by atoms with Crippen LogP contribution in [-0.2, 0) is 6.54 Å². The van der Waals surface area contributed by atoms with Crippen LogP contribution in [0.25, 0.3) is 5.69 Å². The number of aromatic nitrogens is 2. The monoisotopic (exact) mass is 191 g/mol.